The zero-order valence-electron chi connectivity index (χ0n) is 17.6. The first-order valence-electron chi connectivity index (χ1n) is 9.96. The van der Waals surface area contributed by atoms with Crippen LogP contribution in [0.1, 0.15) is 34.5 Å². The minimum Gasteiger partial charge on any atom is -0.493 e. The van der Waals surface area contributed by atoms with Gasteiger partial charge in [0.25, 0.3) is 5.91 Å². The van der Waals surface area contributed by atoms with Gasteiger partial charge in [-0.25, -0.2) is 4.39 Å². The van der Waals surface area contributed by atoms with Gasteiger partial charge >= 0.3 is 0 Å². The molecule has 0 aliphatic heterocycles. The van der Waals surface area contributed by atoms with Gasteiger partial charge in [0.2, 0.25) is 0 Å². The third-order valence-corrected chi connectivity index (χ3v) is 4.96. The summed E-state index contributed by atoms with van der Waals surface area (Å²) in [5.74, 6) is 0.130. The van der Waals surface area contributed by atoms with Gasteiger partial charge < -0.3 is 14.8 Å². The number of carbonyl (C=O) groups is 1. The second-order valence-corrected chi connectivity index (χ2v) is 7.13. The lowest BCUT2D eigenvalue weighted by molar-refractivity contribution is 0.0941. The highest BCUT2D eigenvalue weighted by atomic mass is 19.1. The molecule has 7 nitrogen and oxygen atoms in total. The van der Waals surface area contributed by atoms with Crippen LogP contribution < -0.4 is 14.8 Å². The molecule has 0 bridgehead atoms. The molecule has 2 heterocycles. The molecule has 2 aromatic heterocycles. The molecule has 0 spiro atoms. The summed E-state index contributed by atoms with van der Waals surface area (Å²) in [5.41, 5.74) is 2.58. The fourth-order valence-corrected chi connectivity index (χ4v) is 3.28. The first-order valence-corrected chi connectivity index (χ1v) is 9.96. The number of amides is 1. The number of methoxy groups -OCH3 is 1. The van der Waals surface area contributed by atoms with Crippen molar-refractivity contribution in [3.05, 3.63) is 89.8 Å². The van der Waals surface area contributed by atoms with Crippen LogP contribution in [0.25, 0.3) is 11.0 Å². The molecule has 4 aromatic rings. The molecule has 162 valence electrons. The average molecular weight is 432 g/mol. The quantitative estimate of drug-likeness (QED) is 0.470. The Hall–Kier alpha value is -4.07. The molecule has 1 atom stereocenters. The van der Waals surface area contributed by atoms with Crippen molar-refractivity contribution < 1.29 is 18.7 Å². The molecule has 0 fully saturated rings. The SMILES string of the molecule is COc1cc(C(C)NC(=O)c2cc(F)cc3nccnc23)ccc1OCc1ccncc1. The van der Waals surface area contributed by atoms with Gasteiger partial charge in [-0.05, 0) is 48.4 Å². The topological polar surface area (TPSA) is 86.2 Å². The zero-order valence-corrected chi connectivity index (χ0v) is 17.6. The van der Waals surface area contributed by atoms with Crippen molar-refractivity contribution in [1.82, 2.24) is 20.3 Å². The number of benzene rings is 2. The molecule has 0 saturated carbocycles. The van der Waals surface area contributed by atoms with E-state index in [-0.39, 0.29) is 11.6 Å². The number of fused-ring (bicyclic) bond motifs is 1. The van der Waals surface area contributed by atoms with E-state index < -0.39 is 11.7 Å². The Labute approximate surface area is 184 Å². The van der Waals surface area contributed by atoms with E-state index in [1.54, 1.807) is 31.6 Å². The summed E-state index contributed by atoms with van der Waals surface area (Å²) in [6.45, 7) is 2.20. The van der Waals surface area contributed by atoms with E-state index in [0.29, 0.717) is 29.1 Å². The van der Waals surface area contributed by atoms with Gasteiger partial charge in [0.05, 0.1) is 24.2 Å². The van der Waals surface area contributed by atoms with Crippen LogP contribution in [0.2, 0.25) is 0 Å². The van der Waals surface area contributed by atoms with Crippen LogP contribution in [0, 0.1) is 5.82 Å². The number of carbonyl (C=O) groups excluding carboxylic acids is 1. The largest absolute Gasteiger partial charge is 0.493 e. The van der Waals surface area contributed by atoms with Crippen molar-refractivity contribution in [2.45, 2.75) is 19.6 Å². The summed E-state index contributed by atoms with van der Waals surface area (Å²) < 4.78 is 25.3. The maximum absolute atomic E-state index is 14.0. The number of pyridine rings is 1. The Morgan fingerprint density at radius 1 is 1.03 bits per heavy atom. The number of ether oxygens (including phenoxy) is 2. The third-order valence-electron chi connectivity index (χ3n) is 4.96. The van der Waals surface area contributed by atoms with Crippen LogP contribution >= 0.6 is 0 Å². The molecule has 8 heteroatoms. The van der Waals surface area contributed by atoms with Crippen LogP contribution in [-0.4, -0.2) is 28.0 Å². The van der Waals surface area contributed by atoms with Gasteiger partial charge in [-0.15, -0.1) is 0 Å². The highest BCUT2D eigenvalue weighted by molar-refractivity contribution is 6.04. The van der Waals surface area contributed by atoms with Crippen molar-refractivity contribution in [3.63, 3.8) is 0 Å². The third kappa shape index (κ3) is 4.64. The van der Waals surface area contributed by atoms with Crippen molar-refractivity contribution in [2.75, 3.05) is 7.11 Å². The average Bonchev–Trinajstić information content (AvgIpc) is 2.82. The summed E-state index contributed by atoms with van der Waals surface area (Å²) >= 11 is 0. The van der Waals surface area contributed by atoms with Gasteiger partial charge in [0, 0.05) is 30.9 Å². The predicted octanol–water partition coefficient (Wildman–Crippen LogP) is 4.24. The molecular formula is C24H21FN4O3. The van der Waals surface area contributed by atoms with Crippen molar-refractivity contribution >= 4 is 16.9 Å². The number of hydrogen-bond acceptors (Lipinski definition) is 6. The number of halogens is 1. The molecule has 1 unspecified atom stereocenters. The fraction of sp³-hybridized carbons (Fsp3) is 0.167. The molecule has 4 rings (SSSR count). The molecule has 0 saturated heterocycles. The monoisotopic (exact) mass is 432 g/mol. The number of aromatic nitrogens is 3. The lowest BCUT2D eigenvalue weighted by Crippen LogP contribution is -2.27. The zero-order chi connectivity index (χ0) is 22.5. The Morgan fingerprint density at radius 3 is 2.59 bits per heavy atom. The fourth-order valence-electron chi connectivity index (χ4n) is 3.28. The summed E-state index contributed by atoms with van der Waals surface area (Å²) in [6.07, 6.45) is 6.33. The summed E-state index contributed by atoms with van der Waals surface area (Å²) in [6, 6.07) is 11.2. The van der Waals surface area contributed by atoms with Crippen molar-refractivity contribution in [2.24, 2.45) is 0 Å². The van der Waals surface area contributed by atoms with Crippen molar-refractivity contribution in [1.29, 1.82) is 0 Å². The normalized spacial score (nSPS) is 11.7. The number of nitrogens with zero attached hydrogens (tertiary/aromatic N) is 3. The first-order chi connectivity index (χ1) is 15.5. The Balaban J connectivity index is 1.51. The Kier molecular flexibility index (Phi) is 6.21. The van der Waals surface area contributed by atoms with E-state index in [1.165, 1.54) is 18.5 Å². The van der Waals surface area contributed by atoms with Crippen LogP contribution in [0.5, 0.6) is 11.5 Å². The molecule has 32 heavy (non-hydrogen) atoms. The minimum atomic E-state index is -0.548. The van der Waals surface area contributed by atoms with Gasteiger partial charge in [0.15, 0.2) is 11.5 Å². The summed E-state index contributed by atoms with van der Waals surface area (Å²) in [7, 11) is 1.55. The first kappa shape index (κ1) is 21.2. The van der Waals surface area contributed by atoms with E-state index in [4.69, 9.17) is 9.47 Å². The van der Waals surface area contributed by atoms with Crippen molar-refractivity contribution in [3.8, 4) is 11.5 Å². The standard InChI is InChI=1S/C24H21FN4O3/c1-15(29-24(30)19-12-18(25)13-20-23(19)28-10-9-27-20)17-3-4-21(22(11-17)31-2)32-14-16-5-7-26-8-6-16/h3-13,15H,14H2,1-2H3,(H,29,30). The van der Waals surface area contributed by atoms with Gasteiger partial charge in [-0.3, -0.25) is 19.7 Å². The highest BCUT2D eigenvalue weighted by Crippen LogP contribution is 2.31. The maximum atomic E-state index is 14.0. The van der Waals surface area contributed by atoms with Crippen LogP contribution in [-0.2, 0) is 6.61 Å². The molecular weight excluding hydrogens is 411 g/mol. The Bertz CT molecular complexity index is 1250. The summed E-state index contributed by atoms with van der Waals surface area (Å²) in [4.78, 5) is 25.1. The Morgan fingerprint density at radius 2 is 1.81 bits per heavy atom. The predicted molar refractivity (Wildman–Crippen MR) is 117 cm³/mol. The summed E-state index contributed by atoms with van der Waals surface area (Å²) in [5, 5.41) is 2.88. The molecule has 1 amide bonds. The van der Waals surface area contributed by atoms with E-state index in [1.807, 2.05) is 25.1 Å². The van der Waals surface area contributed by atoms with E-state index >= 15 is 0 Å². The minimum absolute atomic E-state index is 0.129. The lowest BCUT2D eigenvalue weighted by Gasteiger charge is -2.18. The van der Waals surface area contributed by atoms with E-state index in [9.17, 15) is 9.18 Å². The van der Waals surface area contributed by atoms with Crippen LogP contribution in [0.3, 0.4) is 0 Å². The van der Waals surface area contributed by atoms with Crippen LogP contribution in [0.4, 0.5) is 4.39 Å². The van der Waals surface area contributed by atoms with Crippen LogP contribution in [0.15, 0.2) is 67.3 Å². The van der Waals surface area contributed by atoms with Gasteiger partial charge in [-0.2, -0.15) is 0 Å². The molecule has 0 aliphatic rings. The molecule has 0 aliphatic carbocycles. The molecule has 2 aromatic carbocycles. The second kappa shape index (κ2) is 9.38. The lowest BCUT2D eigenvalue weighted by atomic mass is 10.1. The number of rotatable bonds is 7. The van der Waals surface area contributed by atoms with Gasteiger partial charge in [0.1, 0.15) is 17.9 Å². The van der Waals surface area contributed by atoms with Gasteiger partial charge in [-0.1, -0.05) is 6.07 Å². The maximum Gasteiger partial charge on any atom is 0.254 e. The smallest absolute Gasteiger partial charge is 0.254 e. The molecule has 1 N–H and O–H groups in total. The second-order valence-electron chi connectivity index (χ2n) is 7.13. The number of nitrogens with one attached hydrogen (secondary N) is 1. The highest BCUT2D eigenvalue weighted by Gasteiger charge is 2.18. The van der Waals surface area contributed by atoms with E-state index in [0.717, 1.165) is 17.2 Å². The van der Waals surface area contributed by atoms with E-state index in [2.05, 4.69) is 20.3 Å². The molecule has 0 radical (unpaired) electrons. The number of hydrogen-bond donors (Lipinski definition) is 1.